The van der Waals surface area contributed by atoms with Crippen LogP contribution < -0.4 is 9.80 Å². The van der Waals surface area contributed by atoms with E-state index >= 15 is 0 Å². The fourth-order valence-corrected chi connectivity index (χ4v) is 12.1. The topological polar surface area (TPSA) is 118 Å². The number of hydrogen-bond donors (Lipinski definition) is 2. The van der Waals surface area contributed by atoms with Crippen molar-refractivity contribution in [1.29, 1.82) is 0 Å². The average Bonchev–Trinajstić information content (AvgIpc) is 3.79. The van der Waals surface area contributed by atoms with E-state index in [9.17, 15) is 39.1 Å². The number of benzene rings is 5. The van der Waals surface area contributed by atoms with E-state index in [4.69, 9.17) is 0 Å². The molecule has 348 valence electrons. The average molecular weight is 958 g/mol. The van der Waals surface area contributed by atoms with E-state index in [-0.39, 0.29) is 23.2 Å². The molecule has 0 bridgehead atoms. The smallest absolute Gasteiger partial charge is 0.364 e. The quantitative estimate of drug-likeness (QED) is 0.0787. The summed E-state index contributed by atoms with van der Waals surface area (Å²) in [7, 11) is -4.94. The molecule has 0 aromatic heterocycles. The summed E-state index contributed by atoms with van der Waals surface area (Å²) >= 11 is -3.89. The van der Waals surface area contributed by atoms with Crippen molar-refractivity contribution in [2.24, 2.45) is 0 Å². The van der Waals surface area contributed by atoms with Crippen LogP contribution in [-0.2, 0) is 43.0 Å². The van der Waals surface area contributed by atoms with Gasteiger partial charge >= 0.3 is 15.5 Å². The minimum Gasteiger partial charge on any atom is -0.364 e. The summed E-state index contributed by atoms with van der Waals surface area (Å²) < 4.78 is 114. The number of sulfonamides is 1. The van der Waals surface area contributed by atoms with E-state index in [0.29, 0.717) is 65.4 Å². The van der Waals surface area contributed by atoms with Gasteiger partial charge in [-0.15, -0.1) is 0 Å². The molecule has 0 spiro atoms. The lowest BCUT2D eigenvalue weighted by molar-refractivity contribution is -0.0473. The Morgan fingerprint density at radius 3 is 1.86 bits per heavy atom. The number of alkyl halides is 3. The van der Waals surface area contributed by atoms with Gasteiger partial charge in [0.15, 0.2) is 22.2 Å². The monoisotopic (exact) mass is 957 g/mol. The van der Waals surface area contributed by atoms with E-state index in [1.807, 2.05) is 42.5 Å². The summed E-state index contributed by atoms with van der Waals surface area (Å²) in [6.45, 7) is 9.49. The molecule has 0 fully saturated rings. The minimum absolute atomic E-state index is 0.117. The Labute approximate surface area is 390 Å². The van der Waals surface area contributed by atoms with Gasteiger partial charge < -0.3 is 18.9 Å². The van der Waals surface area contributed by atoms with Crippen LogP contribution >= 0.6 is 0 Å². The fourth-order valence-electron chi connectivity index (χ4n) is 10.4. The molecule has 0 amide bonds. The van der Waals surface area contributed by atoms with E-state index in [1.54, 1.807) is 36.4 Å². The zero-order valence-electron chi connectivity index (χ0n) is 37.5. The zero-order valence-corrected chi connectivity index (χ0v) is 40.0. The molecule has 2 heterocycles. The molecular formula is C51H54F3N3O6S3. The first-order valence-corrected chi connectivity index (χ1v) is 26.0. The van der Waals surface area contributed by atoms with Gasteiger partial charge in [0.25, 0.3) is 0 Å². The van der Waals surface area contributed by atoms with Crippen molar-refractivity contribution < 1.29 is 39.1 Å². The molecule has 1 aliphatic carbocycles. The van der Waals surface area contributed by atoms with Crippen LogP contribution in [0, 0.1) is 0 Å². The van der Waals surface area contributed by atoms with Gasteiger partial charge in [-0.2, -0.15) is 21.6 Å². The van der Waals surface area contributed by atoms with Gasteiger partial charge in [-0.05, 0) is 87.7 Å². The fraction of sp³-hybridized carbons (Fsp3) is 0.333. The number of allylic oxidation sites excluding steroid dienone is 6. The molecule has 9 nitrogen and oxygen atoms in total. The maximum Gasteiger partial charge on any atom is 0.516 e. The van der Waals surface area contributed by atoms with Crippen LogP contribution in [0.1, 0.15) is 75.6 Å². The molecule has 66 heavy (non-hydrogen) atoms. The maximum atomic E-state index is 14.7. The third-order valence-corrected chi connectivity index (χ3v) is 16.2. The maximum absolute atomic E-state index is 14.7. The second-order valence-corrected chi connectivity index (χ2v) is 22.2. The highest BCUT2D eigenvalue weighted by Gasteiger charge is 2.51. The van der Waals surface area contributed by atoms with Gasteiger partial charge in [-0.3, -0.25) is 4.31 Å². The normalized spacial score (nSPS) is 19.9. The van der Waals surface area contributed by atoms with Crippen LogP contribution in [0.3, 0.4) is 0 Å². The number of anilines is 2. The predicted octanol–water partition coefficient (Wildman–Crippen LogP) is 11.3. The Balaban J connectivity index is 1.30. The molecule has 3 unspecified atom stereocenters. The van der Waals surface area contributed by atoms with Gasteiger partial charge in [0.2, 0.25) is 0 Å². The van der Waals surface area contributed by atoms with E-state index in [2.05, 4.69) is 80.0 Å². The number of nitrogens with zero attached hydrogens (tertiary/aromatic N) is 3. The van der Waals surface area contributed by atoms with Gasteiger partial charge in [0.1, 0.15) is 0 Å². The number of unbranched alkanes of at least 4 members (excludes halogenated alkanes) is 2. The molecule has 3 atom stereocenters. The molecule has 5 aromatic rings. The highest BCUT2D eigenvalue weighted by atomic mass is 32.2. The number of fused-ring (bicyclic) bond motifs is 7. The van der Waals surface area contributed by atoms with Crippen molar-refractivity contribution in [2.75, 3.05) is 41.4 Å². The Hall–Kier alpha value is -5.06. The largest absolute Gasteiger partial charge is 0.516 e. The lowest BCUT2D eigenvalue weighted by atomic mass is 9.78. The summed E-state index contributed by atoms with van der Waals surface area (Å²) in [6, 6.07) is 31.2. The summed E-state index contributed by atoms with van der Waals surface area (Å²) in [5, 5.41) is 4.23. The molecule has 0 saturated heterocycles. The Kier molecular flexibility index (Phi) is 13.1. The van der Waals surface area contributed by atoms with Crippen LogP contribution in [0.2, 0.25) is 0 Å². The van der Waals surface area contributed by atoms with Gasteiger partial charge in [-0.25, -0.2) is 8.42 Å². The summed E-state index contributed by atoms with van der Waals surface area (Å²) in [4.78, 5) is 4.41. The first kappa shape index (κ1) is 47.4. The summed E-state index contributed by atoms with van der Waals surface area (Å²) in [6.07, 6.45) is 9.54. The second kappa shape index (κ2) is 18.2. The van der Waals surface area contributed by atoms with Gasteiger partial charge in [0.05, 0.1) is 11.7 Å². The molecule has 8 rings (SSSR count). The summed E-state index contributed by atoms with van der Waals surface area (Å²) in [5.41, 5.74) is -0.163. The predicted molar refractivity (Wildman–Crippen MR) is 263 cm³/mol. The van der Waals surface area contributed by atoms with Crippen molar-refractivity contribution in [2.45, 2.75) is 75.8 Å². The van der Waals surface area contributed by atoms with E-state index in [0.717, 1.165) is 56.8 Å². The lowest BCUT2D eigenvalue weighted by Gasteiger charge is -2.33. The van der Waals surface area contributed by atoms with Crippen molar-refractivity contribution in [3.05, 3.63) is 155 Å². The number of rotatable bonds is 15. The number of likely N-dealkylation sites (N-methyl/N-ethyl adjacent to an activating group) is 1. The molecule has 2 N–H and O–H groups in total. The highest BCUT2D eigenvalue weighted by Crippen LogP contribution is 2.53. The van der Waals surface area contributed by atoms with Crippen LogP contribution in [0.4, 0.5) is 24.5 Å². The van der Waals surface area contributed by atoms with E-state index < -0.39 is 48.5 Å². The van der Waals surface area contributed by atoms with E-state index in [1.165, 1.54) is 0 Å². The first-order valence-electron chi connectivity index (χ1n) is 22.0. The Morgan fingerprint density at radius 2 is 1.26 bits per heavy atom. The standard InChI is InChI=1S/C51H54F3N3O6S3/c1-49(2)44(56(30-12-14-32-64(58)59)42-26-22-34-16-6-8-18-36(34)46(42)49)28-24-40-38-20-10-11-21-39(38)41(48(40)55(5)66(62,63)51(52,53)54)25-29-45-50(3,4)47-37-19-9-7-17-35(37)23-27-43(47)57(45)31-13-15-33-65(60)61/h6-11,16-29,44H,12-15,30-33H2,1-5H3,(H,58,59)(H,60,61)/b28-24+,41-25+,45-29+. The molecule has 15 heteroatoms. The molecule has 5 aromatic carbocycles. The van der Waals surface area contributed by atoms with Crippen LogP contribution in [0.15, 0.2) is 133 Å². The Bertz CT molecular complexity index is 3010. The minimum atomic E-state index is -5.90. The summed E-state index contributed by atoms with van der Waals surface area (Å²) in [5.74, 6) is 0.251. The van der Waals surface area contributed by atoms with Crippen molar-refractivity contribution in [3.63, 3.8) is 0 Å². The highest BCUT2D eigenvalue weighted by molar-refractivity contribution is 7.90. The van der Waals surface area contributed by atoms with Gasteiger partial charge in [0, 0.05) is 70.7 Å². The molecule has 2 aliphatic heterocycles. The molecule has 3 aliphatic rings. The molecule has 0 saturated carbocycles. The van der Waals surface area contributed by atoms with Crippen molar-refractivity contribution in [3.8, 4) is 0 Å². The third kappa shape index (κ3) is 8.46. The first-order chi connectivity index (χ1) is 31.3. The van der Waals surface area contributed by atoms with Gasteiger partial charge in [-0.1, -0.05) is 131 Å². The zero-order chi connectivity index (χ0) is 47.3. The van der Waals surface area contributed by atoms with Crippen LogP contribution in [-0.4, -0.2) is 73.4 Å². The number of hydrogen-bond acceptors (Lipinski definition) is 6. The number of halogens is 3. The molecule has 0 radical (unpaired) electrons. The second-order valence-electron chi connectivity index (χ2n) is 18.2. The van der Waals surface area contributed by atoms with Crippen molar-refractivity contribution >= 4 is 76.3 Å². The lowest BCUT2D eigenvalue weighted by Crippen LogP contribution is -2.40. The molecular weight excluding hydrogens is 904 g/mol. The van der Waals surface area contributed by atoms with Crippen LogP contribution in [0.5, 0.6) is 0 Å². The Morgan fingerprint density at radius 1 is 0.712 bits per heavy atom. The SMILES string of the molecule is CN(C1=C(/C=C/C2N(CCCCS(=O)O)c3ccc4ccccc4c3C2(C)C)c2ccccc2/C1=C\C=C1\N(CCCCS(=O)O)c2ccc3ccccc3c2C1(C)C)S(=O)(=O)C(F)(F)F. The third-order valence-electron chi connectivity index (χ3n) is 13.4. The van der Waals surface area contributed by atoms with Crippen LogP contribution in [0.25, 0.3) is 32.7 Å². The van der Waals surface area contributed by atoms with Crippen molar-refractivity contribution in [1.82, 2.24) is 4.31 Å².